The quantitative estimate of drug-likeness (QED) is 0.697. The van der Waals surface area contributed by atoms with Gasteiger partial charge in [-0.15, -0.1) is 13.2 Å². The van der Waals surface area contributed by atoms with Gasteiger partial charge >= 0.3 is 12.3 Å². The van der Waals surface area contributed by atoms with Gasteiger partial charge in [-0.05, 0) is 26.0 Å². The number of hydrogen-bond acceptors (Lipinski definition) is 4. The zero-order chi connectivity index (χ0) is 18.4. The first-order chi connectivity index (χ1) is 11.9. The maximum absolute atomic E-state index is 12.9. The van der Waals surface area contributed by atoms with Crippen molar-refractivity contribution in [3.05, 3.63) is 48.0 Å². The Morgan fingerprint density at radius 3 is 2.28 bits per heavy atom. The summed E-state index contributed by atoms with van der Waals surface area (Å²) in [4.78, 5) is 12.0. The number of ether oxygens (including phenoxy) is 3. The topological polar surface area (TPSA) is 44.8 Å². The van der Waals surface area contributed by atoms with E-state index in [1.54, 1.807) is 38.1 Å². The first kappa shape index (κ1) is 18.6. The van der Waals surface area contributed by atoms with E-state index < -0.39 is 18.1 Å². The molecule has 2 aromatic rings. The minimum absolute atomic E-state index is 0.0318. The Morgan fingerprint density at radius 1 is 0.960 bits per heavy atom. The number of esters is 1. The summed E-state index contributed by atoms with van der Waals surface area (Å²) in [5.74, 6) is -1.11. The van der Waals surface area contributed by atoms with Crippen molar-refractivity contribution in [2.75, 3.05) is 13.2 Å². The Morgan fingerprint density at radius 2 is 1.64 bits per heavy atom. The van der Waals surface area contributed by atoms with E-state index in [4.69, 9.17) is 9.47 Å². The van der Waals surface area contributed by atoms with Gasteiger partial charge in [-0.2, -0.15) is 0 Å². The highest BCUT2D eigenvalue weighted by molar-refractivity contribution is 5.96. The van der Waals surface area contributed by atoms with Crippen LogP contribution in [-0.2, 0) is 4.74 Å². The minimum atomic E-state index is -4.96. The number of hydrogen-bond donors (Lipinski definition) is 0. The largest absolute Gasteiger partial charge is 0.573 e. The lowest BCUT2D eigenvalue weighted by molar-refractivity contribution is -0.274. The van der Waals surface area contributed by atoms with Crippen molar-refractivity contribution in [3.8, 4) is 22.6 Å². The summed E-state index contributed by atoms with van der Waals surface area (Å²) >= 11 is 0. The maximum Gasteiger partial charge on any atom is 0.573 e. The number of benzene rings is 2. The Bertz CT molecular complexity index is 741. The third-order valence-corrected chi connectivity index (χ3v) is 3.21. The van der Waals surface area contributed by atoms with Crippen molar-refractivity contribution in [2.45, 2.75) is 20.2 Å². The van der Waals surface area contributed by atoms with Crippen LogP contribution >= 0.6 is 0 Å². The molecule has 7 heteroatoms. The third-order valence-electron chi connectivity index (χ3n) is 3.21. The molecule has 2 aromatic carbocycles. The molecule has 0 N–H and O–H groups in total. The summed E-state index contributed by atoms with van der Waals surface area (Å²) in [7, 11) is 0. The molecule has 25 heavy (non-hydrogen) atoms. The van der Waals surface area contributed by atoms with E-state index in [0.29, 0.717) is 17.9 Å². The Balaban J connectivity index is 2.65. The molecule has 0 aliphatic carbocycles. The molecule has 0 aromatic heterocycles. The maximum atomic E-state index is 12.9. The van der Waals surface area contributed by atoms with E-state index in [2.05, 4.69) is 4.74 Å². The standard InChI is InChI=1S/C18H17F3O4/c1-3-23-15-11-6-5-8-12(15)13-9-7-10-14(17(22)24-4-2)16(13)25-18(19,20)21/h5-11H,3-4H2,1-2H3. The van der Waals surface area contributed by atoms with Gasteiger partial charge in [0.1, 0.15) is 11.3 Å². The SMILES string of the molecule is CCOC(=O)c1cccc(-c2ccccc2OCC)c1OC(F)(F)F. The van der Waals surface area contributed by atoms with Crippen LogP contribution in [0.1, 0.15) is 24.2 Å². The lowest BCUT2D eigenvalue weighted by Crippen LogP contribution is -2.20. The molecule has 0 aliphatic rings. The Hall–Kier alpha value is -2.70. The molecule has 0 saturated carbocycles. The summed E-state index contributed by atoms with van der Waals surface area (Å²) in [6.45, 7) is 3.70. The molecule has 134 valence electrons. The summed E-state index contributed by atoms with van der Waals surface area (Å²) < 4.78 is 53.2. The lowest BCUT2D eigenvalue weighted by Gasteiger charge is -2.18. The van der Waals surface area contributed by atoms with E-state index in [0.717, 1.165) is 0 Å². The monoisotopic (exact) mass is 354 g/mol. The number of carbonyl (C=O) groups excluding carboxylic acids is 1. The van der Waals surface area contributed by atoms with E-state index in [9.17, 15) is 18.0 Å². The molecule has 0 heterocycles. The smallest absolute Gasteiger partial charge is 0.493 e. The van der Waals surface area contributed by atoms with Gasteiger partial charge in [-0.25, -0.2) is 4.79 Å². The fraction of sp³-hybridized carbons (Fsp3) is 0.278. The van der Waals surface area contributed by atoms with E-state index in [1.165, 1.54) is 18.2 Å². The highest BCUT2D eigenvalue weighted by Crippen LogP contribution is 2.40. The van der Waals surface area contributed by atoms with Crippen molar-refractivity contribution >= 4 is 5.97 Å². The van der Waals surface area contributed by atoms with Crippen molar-refractivity contribution in [1.29, 1.82) is 0 Å². The summed E-state index contributed by atoms with van der Waals surface area (Å²) in [6.07, 6.45) is -4.96. The van der Waals surface area contributed by atoms with Gasteiger partial charge in [0.2, 0.25) is 0 Å². The highest BCUT2D eigenvalue weighted by Gasteiger charge is 2.35. The van der Waals surface area contributed by atoms with Gasteiger partial charge in [0.25, 0.3) is 0 Å². The van der Waals surface area contributed by atoms with Gasteiger partial charge in [0.05, 0.1) is 13.2 Å². The molecule has 2 rings (SSSR count). The lowest BCUT2D eigenvalue weighted by atomic mass is 10.0. The van der Waals surface area contributed by atoms with Crippen LogP contribution in [0, 0.1) is 0 Å². The fourth-order valence-electron chi connectivity index (χ4n) is 2.31. The average Bonchev–Trinajstić information content (AvgIpc) is 2.55. The molecule has 0 saturated heterocycles. The van der Waals surface area contributed by atoms with Gasteiger partial charge in [-0.3, -0.25) is 0 Å². The van der Waals surface area contributed by atoms with E-state index in [1.807, 2.05) is 0 Å². The second-order valence-corrected chi connectivity index (χ2v) is 4.88. The Labute approximate surface area is 143 Å². The highest BCUT2D eigenvalue weighted by atomic mass is 19.4. The average molecular weight is 354 g/mol. The van der Waals surface area contributed by atoms with Gasteiger partial charge < -0.3 is 14.2 Å². The molecule has 4 nitrogen and oxygen atoms in total. The normalized spacial score (nSPS) is 11.1. The van der Waals surface area contributed by atoms with Gasteiger partial charge in [0.15, 0.2) is 5.75 Å². The Kier molecular flexibility index (Phi) is 5.90. The second kappa shape index (κ2) is 7.92. The van der Waals surface area contributed by atoms with Gasteiger partial charge in [-0.1, -0.05) is 30.3 Å². The second-order valence-electron chi connectivity index (χ2n) is 4.88. The number of carbonyl (C=O) groups is 1. The van der Waals surface area contributed by atoms with Gasteiger partial charge in [0, 0.05) is 11.1 Å². The summed E-state index contributed by atoms with van der Waals surface area (Å²) in [5.41, 5.74) is 0.171. The van der Waals surface area contributed by atoms with Crippen molar-refractivity contribution in [1.82, 2.24) is 0 Å². The summed E-state index contributed by atoms with van der Waals surface area (Å²) in [5, 5.41) is 0. The zero-order valence-electron chi connectivity index (χ0n) is 13.7. The molecular weight excluding hydrogens is 337 g/mol. The van der Waals surface area contributed by atoms with Crippen LogP contribution < -0.4 is 9.47 Å². The molecule has 0 amide bonds. The van der Waals surface area contributed by atoms with E-state index >= 15 is 0 Å². The van der Waals surface area contributed by atoms with Crippen LogP contribution in [0.3, 0.4) is 0 Å². The number of halogens is 3. The van der Waals surface area contributed by atoms with Crippen LogP contribution in [0.4, 0.5) is 13.2 Å². The van der Waals surface area contributed by atoms with Crippen LogP contribution in [0.25, 0.3) is 11.1 Å². The molecule has 0 radical (unpaired) electrons. The molecule has 0 bridgehead atoms. The van der Waals surface area contributed by atoms with Crippen molar-refractivity contribution < 1.29 is 32.2 Å². The molecular formula is C18H17F3O4. The first-order valence-electron chi connectivity index (χ1n) is 7.65. The van der Waals surface area contributed by atoms with Crippen LogP contribution in [0.5, 0.6) is 11.5 Å². The summed E-state index contributed by atoms with van der Waals surface area (Å²) in [6, 6.07) is 10.7. The predicted molar refractivity (Wildman–Crippen MR) is 85.7 cm³/mol. The number of alkyl halides is 3. The zero-order valence-corrected chi connectivity index (χ0v) is 13.7. The van der Waals surface area contributed by atoms with E-state index in [-0.39, 0.29) is 17.7 Å². The van der Waals surface area contributed by atoms with Crippen LogP contribution in [0.15, 0.2) is 42.5 Å². The van der Waals surface area contributed by atoms with Crippen molar-refractivity contribution in [3.63, 3.8) is 0 Å². The molecule has 0 fully saturated rings. The van der Waals surface area contributed by atoms with Crippen LogP contribution in [0.2, 0.25) is 0 Å². The molecule has 0 unspecified atom stereocenters. The van der Waals surface area contributed by atoms with Crippen LogP contribution in [-0.4, -0.2) is 25.5 Å². The molecule has 0 atom stereocenters. The number of rotatable bonds is 6. The predicted octanol–water partition coefficient (Wildman–Crippen LogP) is 4.83. The van der Waals surface area contributed by atoms with Crippen molar-refractivity contribution in [2.24, 2.45) is 0 Å². The minimum Gasteiger partial charge on any atom is -0.493 e. The third kappa shape index (κ3) is 4.65. The number of para-hydroxylation sites is 2. The first-order valence-corrected chi connectivity index (χ1v) is 7.65. The molecule has 0 aliphatic heterocycles. The fourth-order valence-corrected chi connectivity index (χ4v) is 2.31. The molecule has 0 spiro atoms.